The number of hydrogen-bond acceptors (Lipinski definition) is 5. The van der Waals surface area contributed by atoms with Gasteiger partial charge in [-0.3, -0.25) is 9.78 Å². The molecule has 1 amide bonds. The number of H-pyrrole nitrogens is 2. The van der Waals surface area contributed by atoms with Gasteiger partial charge in [0.15, 0.2) is 11.6 Å². The predicted molar refractivity (Wildman–Crippen MR) is 148 cm³/mol. The highest BCUT2D eigenvalue weighted by Gasteiger charge is 2.33. The van der Waals surface area contributed by atoms with E-state index in [0.29, 0.717) is 22.7 Å². The average molecular weight is 509 g/mol. The van der Waals surface area contributed by atoms with E-state index in [-0.39, 0.29) is 11.9 Å². The van der Waals surface area contributed by atoms with E-state index in [9.17, 15) is 4.79 Å². The van der Waals surface area contributed by atoms with Crippen molar-refractivity contribution < 1.29 is 9.21 Å². The summed E-state index contributed by atoms with van der Waals surface area (Å²) in [6, 6.07) is 25.1. The van der Waals surface area contributed by atoms with Crippen LogP contribution in [0.2, 0.25) is 0 Å². The molecule has 186 valence electrons. The molecule has 8 rings (SSSR count). The van der Waals surface area contributed by atoms with Crippen LogP contribution in [0.15, 0.2) is 102 Å². The van der Waals surface area contributed by atoms with Gasteiger partial charge in [0.25, 0.3) is 5.91 Å². The van der Waals surface area contributed by atoms with Crippen molar-refractivity contribution in [3.8, 4) is 34.1 Å². The number of nitrogens with zero attached hydrogens (tertiary/aromatic N) is 3. The van der Waals surface area contributed by atoms with Crippen molar-refractivity contribution in [3.63, 3.8) is 0 Å². The van der Waals surface area contributed by atoms with Gasteiger partial charge in [0.1, 0.15) is 11.3 Å². The second-order valence-electron chi connectivity index (χ2n) is 9.51. The lowest BCUT2D eigenvalue weighted by molar-refractivity contribution is 0.0945. The third kappa shape index (κ3) is 3.31. The lowest BCUT2D eigenvalue weighted by Gasteiger charge is -2.16. The first kappa shape index (κ1) is 21.6. The Balaban J connectivity index is 1.22. The third-order valence-electron chi connectivity index (χ3n) is 7.27. The van der Waals surface area contributed by atoms with Crippen LogP contribution in [0.1, 0.15) is 27.5 Å². The van der Waals surface area contributed by atoms with Gasteiger partial charge in [-0.1, -0.05) is 48.5 Å². The number of carbonyl (C=O) groups excluding carboxylic acids is 1. The fraction of sp³-hybridized carbons (Fsp3) is 0.0323. The molecule has 1 atom stereocenters. The van der Waals surface area contributed by atoms with E-state index in [2.05, 4.69) is 49.5 Å². The number of pyridine rings is 1. The van der Waals surface area contributed by atoms with Gasteiger partial charge in [-0.25, -0.2) is 9.97 Å². The molecule has 0 saturated carbocycles. The van der Waals surface area contributed by atoms with Crippen molar-refractivity contribution >= 4 is 28.0 Å². The number of para-hydroxylation sites is 1. The summed E-state index contributed by atoms with van der Waals surface area (Å²) in [5.74, 6) is 1.76. The number of nitrogens with one attached hydrogen (secondary N) is 3. The number of fused-ring (bicyclic) bond motifs is 5. The summed E-state index contributed by atoms with van der Waals surface area (Å²) in [5.41, 5.74) is 8.76. The Morgan fingerprint density at radius 1 is 0.795 bits per heavy atom. The second kappa shape index (κ2) is 8.26. The standard InChI is InChI=1S/C31H20N6O2/c38-31(21-10-4-11-23-28(21)36-30(34-23)25-12-5-15-39-25)37-27-18-7-2-1-6-17(18)26-19(27)8-3-9-20(26)29-33-22-13-14-32-16-24(22)35-29/h1-16,27H,(H,33,35)(H,34,36)(H,37,38). The fourth-order valence-corrected chi connectivity index (χ4v) is 5.55. The Labute approximate surface area is 221 Å². The van der Waals surface area contributed by atoms with Gasteiger partial charge < -0.3 is 19.7 Å². The quantitative estimate of drug-likeness (QED) is 0.260. The molecule has 1 aliphatic carbocycles. The Kier molecular flexibility index (Phi) is 4.57. The Morgan fingerprint density at radius 3 is 2.54 bits per heavy atom. The molecule has 4 heterocycles. The molecule has 0 bridgehead atoms. The lowest BCUT2D eigenvalue weighted by atomic mass is 9.98. The average Bonchev–Trinajstić information content (AvgIpc) is 3.77. The first-order chi connectivity index (χ1) is 19.2. The highest BCUT2D eigenvalue weighted by Crippen LogP contribution is 2.47. The van der Waals surface area contributed by atoms with Gasteiger partial charge in [-0.2, -0.15) is 0 Å². The first-order valence-electron chi connectivity index (χ1n) is 12.6. The van der Waals surface area contributed by atoms with Crippen LogP contribution in [0.25, 0.3) is 56.2 Å². The van der Waals surface area contributed by atoms with Crippen LogP contribution < -0.4 is 5.32 Å². The van der Waals surface area contributed by atoms with E-state index in [1.807, 2.05) is 48.5 Å². The van der Waals surface area contributed by atoms with Crippen molar-refractivity contribution in [1.29, 1.82) is 0 Å². The Bertz CT molecular complexity index is 2000. The molecule has 0 fully saturated rings. The van der Waals surface area contributed by atoms with Crippen LogP contribution in [0.3, 0.4) is 0 Å². The maximum Gasteiger partial charge on any atom is 0.254 e. The molecule has 8 heteroatoms. The molecule has 0 saturated heterocycles. The molecule has 3 N–H and O–H groups in total. The van der Waals surface area contributed by atoms with Crippen molar-refractivity contribution in [2.75, 3.05) is 0 Å². The van der Waals surface area contributed by atoms with E-state index >= 15 is 0 Å². The smallest absolute Gasteiger partial charge is 0.254 e. The number of imidazole rings is 2. The molecule has 0 radical (unpaired) electrons. The molecular weight excluding hydrogens is 488 g/mol. The second-order valence-corrected chi connectivity index (χ2v) is 9.51. The maximum absolute atomic E-state index is 13.8. The highest BCUT2D eigenvalue weighted by molar-refractivity contribution is 6.06. The van der Waals surface area contributed by atoms with E-state index in [1.54, 1.807) is 24.7 Å². The van der Waals surface area contributed by atoms with E-state index in [0.717, 1.165) is 50.2 Å². The van der Waals surface area contributed by atoms with Crippen molar-refractivity contribution in [2.24, 2.45) is 0 Å². The Hall–Kier alpha value is -5.50. The number of amides is 1. The molecule has 3 aromatic carbocycles. The Morgan fingerprint density at radius 2 is 1.64 bits per heavy atom. The third-order valence-corrected chi connectivity index (χ3v) is 7.27. The number of aromatic nitrogens is 5. The van der Waals surface area contributed by atoms with E-state index in [1.165, 1.54) is 0 Å². The molecule has 0 aliphatic heterocycles. The van der Waals surface area contributed by atoms with Crippen LogP contribution >= 0.6 is 0 Å². The normalized spacial score (nSPS) is 14.0. The maximum atomic E-state index is 13.8. The van der Waals surface area contributed by atoms with Crippen LogP contribution in [0.5, 0.6) is 0 Å². The van der Waals surface area contributed by atoms with Gasteiger partial charge in [0.05, 0.1) is 40.6 Å². The monoisotopic (exact) mass is 508 g/mol. The zero-order valence-corrected chi connectivity index (χ0v) is 20.5. The summed E-state index contributed by atoms with van der Waals surface area (Å²) < 4.78 is 5.50. The first-order valence-corrected chi connectivity index (χ1v) is 12.6. The molecular formula is C31H20N6O2. The number of furan rings is 1. The zero-order valence-electron chi connectivity index (χ0n) is 20.5. The van der Waals surface area contributed by atoms with E-state index in [4.69, 9.17) is 9.40 Å². The molecule has 1 aliphatic rings. The molecule has 39 heavy (non-hydrogen) atoms. The summed E-state index contributed by atoms with van der Waals surface area (Å²) in [4.78, 5) is 34.2. The van der Waals surface area contributed by atoms with E-state index < -0.39 is 0 Å². The highest BCUT2D eigenvalue weighted by atomic mass is 16.3. The van der Waals surface area contributed by atoms with Crippen molar-refractivity contribution in [2.45, 2.75) is 6.04 Å². The SMILES string of the molecule is O=C(NC1c2ccccc2-c2c(-c3nc4ccncc4[nH]3)cccc21)c1cccc2[nH]c(-c3ccco3)nc12. The largest absolute Gasteiger partial charge is 0.461 e. The summed E-state index contributed by atoms with van der Waals surface area (Å²) in [6.07, 6.45) is 5.11. The number of hydrogen-bond donors (Lipinski definition) is 3. The van der Waals surface area contributed by atoms with Crippen molar-refractivity contribution in [3.05, 3.63) is 114 Å². The lowest BCUT2D eigenvalue weighted by Crippen LogP contribution is -2.28. The van der Waals surface area contributed by atoms with Gasteiger partial charge >= 0.3 is 0 Å². The van der Waals surface area contributed by atoms with Gasteiger partial charge in [-0.05, 0) is 52.6 Å². The minimum Gasteiger partial charge on any atom is -0.461 e. The molecule has 7 aromatic rings. The summed E-state index contributed by atoms with van der Waals surface area (Å²) in [6.45, 7) is 0. The number of aromatic amines is 2. The number of benzene rings is 3. The van der Waals surface area contributed by atoms with Crippen LogP contribution in [-0.2, 0) is 0 Å². The minimum atomic E-state index is -0.326. The van der Waals surface area contributed by atoms with Crippen LogP contribution in [-0.4, -0.2) is 30.8 Å². The number of rotatable bonds is 4. The fourth-order valence-electron chi connectivity index (χ4n) is 5.55. The van der Waals surface area contributed by atoms with Crippen LogP contribution in [0.4, 0.5) is 0 Å². The summed E-state index contributed by atoms with van der Waals surface area (Å²) >= 11 is 0. The molecule has 4 aromatic heterocycles. The van der Waals surface area contributed by atoms with Gasteiger partial charge in [-0.15, -0.1) is 0 Å². The summed E-state index contributed by atoms with van der Waals surface area (Å²) in [5, 5.41) is 3.29. The number of carbonyl (C=O) groups is 1. The van der Waals surface area contributed by atoms with Crippen LogP contribution in [0, 0.1) is 0 Å². The predicted octanol–water partition coefficient (Wildman–Crippen LogP) is 6.26. The minimum absolute atomic E-state index is 0.203. The summed E-state index contributed by atoms with van der Waals surface area (Å²) in [7, 11) is 0. The molecule has 8 nitrogen and oxygen atoms in total. The molecule has 0 spiro atoms. The van der Waals surface area contributed by atoms with Gasteiger partial charge in [0, 0.05) is 11.8 Å². The topological polar surface area (TPSA) is 112 Å². The van der Waals surface area contributed by atoms with Gasteiger partial charge in [0.2, 0.25) is 0 Å². The zero-order chi connectivity index (χ0) is 25.9. The van der Waals surface area contributed by atoms with Crippen molar-refractivity contribution in [1.82, 2.24) is 30.2 Å². The molecule has 1 unspecified atom stereocenters.